The lowest BCUT2D eigenvalue weighted by Gasteiger charge is -2.18. The molecule has 0 amide bonds. The average molecular weight is 267 g/mol. The van der Waals surface area contributed by atoms with Gasteiger partial charge in [0.15, 0.2) is 5.03 Å². The minimum absolute atomic E-state index is 0.389. The molecule has 0 aromatic carbocycles. The van der Waals surface area contributed by atoms with Gasteiger partial charge in [0.05, 0.1) is 6.20 Å². The summed E-state index contributed by atoms with van der Waals surface area (Å²) >= 11 is 0. The van der Waals surface area contributed by atoms with Crippen molar-refractivity contribution in [1.82, 2.24) is 9.55 Å². The number of aromatic nitrogens is 2. The van der Waals surface area contributed by atoms with Gasteiger partial charge in [-0.1, -0.05) is 0 Å². The van der Waals surface area contributed by atoms with Crippen molar-refractivity contribution in [2.75, 3.05) is 0 Å². The SMILES string of the molecule is CC(C)(C)OC(=O)n1cnc(S(=O)(=O)Cl)c1. The third kappa shape index (κ3) is 3.49. The Morgan fingerprint density at radius 2 is 2.06 bits per heavy atom. The Hall–Kier alpha value is -1.08. The molecule has 0 saturated heterocycles. The first-order valence-corrected chi connectivity index (χ1v) is 6.62. The van der Waals surface area contributed by atoms with Crippen LogP contribution in [0.25, 0.3) is 0 Å². The molecule has 1 aromatic rings. The van der Waals surface area contributed by atoms with Gasteiger partial charge >= 0.3 is 6.09 Å². The molecular weight excluding hydrogens is 256 g/mol. The van der Waals surface area contributed by atoms with Crippen molar-refractivity contribution in [2.24, 2.45) is 0 Å². The van der Waals surface area contributed by atoms with E-state index in [1.165, 1.54) is 0 Å². The first-order chi connectivity index (χ1) is 7.09. The quantitative estimate of drug-likeness (QED) is 0.722. The van der Waals surface area contributed by atoms with Crippen LogP contribution in [0.4, 0.5) is 4.79 Å². The van der Waals surface area contributed by atoms with Crippen LogP contribution in [0.15, 0.2) is 17.6 Å². The van der Waals surface area contributed by atoms with Crippen LogP contribution >= 0.6 is 10.7 Å². The summed E-state index contributed by atoms with van der Waals surface area (Å²) in [5.74, 6) is 0. The molecule has 0 bridgehead atoms. The normalized spacial score (nSPS) is 12.5. The average Bonchev–Trinajstić information content (AvgIpc) is 2.46. The second kappa shape index (κ2) is 4.06. The molecule has 8 heteroatoms. The van der Waals surface area contributed by atoms with Crippen molar-refractivity contribution in [1.29, 1.82) is 0 Å². The third-order valence-electron chi connectivity index (χ3n) is 1.41. The zero-order valence-corrected chi connectivity index (χ0v) is 10.5. The summed E-state index contributed by atoms with van der Waals surface area (Å²) in [6.07, 6.45) is 1.31. The predicted molar refractivity (Wildman–Crippen MR) is 56.9 cm³/mol. The van der Waals surface area contributed by atoms with Gasteiger partial charge in [-0.25, -0.2) is 22.8 Å². The zero-order valence-electron chi connectivity index (χ0n) is 8.97. The Morgan fingerprint density at radius 3 is 2.44 bits per heavy atom. The molecule has 90 valence electrons. The molecule has 1 heterocycles. The minimum atomic E-state index is -3.93. The van der Waals surface area contributed by atoms with Crippen molar-refractivity contribution in [3.8, 4) is 0 Å². The van der Waals surface area contributed by atoms with Gasteiger partial charge in [0.25, 0.3) is 9.05 Å². The van der Waals surface area contributed by atoms with Crippen LogP contribution in [0.2, 0.25) is 0 Å². The molecule has 0 spiro atoms. The smallest absolute Gasteiger partial charge is 0.419 e. The van der Waals surface area contributed by atoms with Crippen LogP contribution in [-0.2, 0) is 13.8 Å². The van der Waals surface area contributed by atoms with E-state index in [-0.39, 0.29) is 5.03 Å². The summed E-state index contributed by atoms with van der Waals surface area (Å²) in [7, 11) is 1.13. The van der Waals surface area contributed by atoms with E-state index in [9.17, 15) is 13.2 Å². The van der Waals surface area contributed by atoms with Gasteiger partial charge in [0.1, 0.15) is 11.9 Å². The number of imidazole rings is 1. The van der Waals surface area contributed by atoms with Crippen LogP contribution < -0.4 is 0 Å². The third-order valence-corrected chi connectivity index (χ3v) is 2.60. The highest BCUT2D eigenvalue weighted by Gasteiger charge is 2.20. The number of nitrogens with zero attached hydrogens (tertiary/aromatic N) is 2. The van der Waals surface area contributed by atoms with Crippen LogP contribution in [-0.4, -0.2) is 29.7 Å². The molecular formula is C8H11ClN2O4S. The molecule has 0 aliphatic heterocycles. The predicted octanol–water partition coefficient (Wildman–Crippen LogP) is 1.59. The van der Waals surface area contributed by atoms with Gasteiger partial charge in [-0.05, 0) is 20.8 Å². The van der Waals surface area contributed by atoms with Crippen molar-refractivity contribution < 1.29 is 17.9 Å². The highest BCUT2D eigenvalue weighted by atomic mass is 35.7. The topological polar surface area (TPSA) is 78.3 Å². The van der Waals surface area contributed by atoms with Gasteiger partial charge in [-0.15, -0.1) is 0 Å². The lowest BCUT2D eigenvalue weighted by atomic mass is 10.2. The van der Waals surface area contributed by atoms with Crippen LogP contribution in [0.1, 0.15) is 20.8 Å². The Bertz CT molecular complexity index is 500. The first kappa shape index (κ1) is 13.0. The van der Waals surface area contributed by atoms with E-state index in [0.29, 0.717) is 0 Å². The van der Waals surface area contributed by atoms with Crippen molar-refractivity contribution in [3.63, 3.8) is 0 Å². The van der Waals surface area contributed by atoms with E-state index in [4.69, 9.17) is 15.4 Å². The van der Waals surface area contributed by atoms with E-state index in [1.807, 2.05) is 0 Å². The number of hydrogen-bond acceptors (Lipinski definition) is 5. The fourth-order valence-corrected chi connectivity index (χ4v) is 1.50. The molecule has 0 aliphatic carbocycles. The summed E-state index contributed by atoms with van der Waals surface area (Å²) in [5.41, 5.74) is -0.665. The Balaban J connectivity index is 2.92. The van der Waals surface area contributed by atoms with E-state index in [1.54, 1.807) is 20.8 Å². The summed E-state index contributed by atoms with van der Waals surface area (Å²) in [4.78, 5) is 14.9. The van der Waals surface area contributed by atoms with Gasteiger partial charge in [0.2, 0.25) is 0 Å². The molecule has 0 saturated carbocycles. The molecule has 0 aliphatic rings. The number of hydrogen-bond donors (Lipinski definition) is 0. The number of carbonyl (C=O) groups is 1. The number of carbonyl (C=O) groups excluding carboxylic acids is 1. The first-order valence-electron chi connectivity index (χ1n) is 4.31. The van der Waals surface area contributed by atoms with Gasteiger partial charge in [-0.3, -0.25) is 0 Å². The molecule has 16 heavy (non-hydrogen) atoms. The molecule has 1 aromatic heterocycles. The monoisotopic (exact) mass is 266 g/mol. The maximum Gasteiger partial charge on any atom is 0.419 e. The maximum atomic E-state index is 11.5. The summed E-state index contributed by atoms with van der Waals surface area (Å²) < 4.78 is 27.7. The van der Waals surface area contributed by atoms with E-state index in [0.717, 1.165) is 17.1 Å². The van der Waals surface area contributed by atoms with E-state index < -0.39 is 20.7 Å². The second-order valence-electron chi connectivity index (χ2n) is 4.04. The van der Waals surface area contributed by atoms with Crippen LogP contribution in [0.3, 0.4) is 0 Å². The van der Waals surface area contributed by atoms with Crippen molar-refractivity contribution in [2.45, 2.75) is 31.4 Å². The second-order valence-corrected chi connectivity index (χ2v) is 6.55. The van der Waals surface area contributed by atoms with E-state index >= 15 is 0 Å². The lowest BCUT2D eigenvalue weighted by molar-refractivity contribution is 0.0536. The van der Waals surface area contributed by atoms with Crippen molar-refractivity contribution >= 4 is 25.8 Å². The van der Waals surface area contributed by atoms with Gasteiger partial charge in [-0.2, -0.15) is 0 Å². The number of ether oxygens (including phenoxy) is 1. The Kier molecular flexibility index (Phi) is 3.30. The van der Waals surface area contributed by atoms with Crippen LogP contribution in [0, 0.1) is 0 Å². The van der Waals surface area contributed by atoms with E-state index in [2.05, 4.69) is 4.98 Å². The molecule has 0 unspecified atom stereocenters. The Morgan fingerprint density at radius 1 is 1.50 bits per heavy atom. The zero-order chi connectivity index (χ0) is 12.6. The molecule has 0 fully saturated rings. The molecule has 6 nitrogen and oxygen atoms in total. The molecule has 0 N–H and O–H groups in total. The van der Waals surface area contributed by atoms with Gasteiger partial charge < -0.3 is 4.74 Å². The summed E-state index contributed by atoms with van der Waals surface area (Å²) in [6.45, 7) is 5.09. The maximum absolute atomic E-state index is 11.5. The minimum Gasteiger partial charge on any atom is -0.443 e. The highest BCUT2D eigenvalue weighted by Crippen LogP contribution is 2.13. The highest BCUT2D eigenvalue weighted by molar-refractivity contribution is 8.13. The molecule has 1 rings (SSSR count). The summed E-state index contributed by atoms with van der Waals surface area (Å²) in [6, 6.07) is 0. The standard InChI is InChI=1S/C8H11ClN2O4S/c1-8(2,3)15-7(12)11-4-6(10-5-11)16(9,13)14/h4-5H,1-3H3. The number of rotatable bonds is 1. The fourth-order valence-electron chi connectivity index (χ4n) is 0.845. The number of halogens is 1. The van der Waals surface area contributed by atoms with Crippen molar-refractivity contribution in [3.05, 3.63) is 12.5 Å². The fraction of sp³-hybridized carbons (Fsp3) is 0.500. The summed E-state index contributed by atoms with van der Waals surface area (Å²) in [5, 5.41) is -0.389. The molecule has 0 atom stereocenters. The Labute approximate surface area is 97.6 Å². The molecule has 0 radical (unpaired) electrons. The van der Waals surface area contributed by atoms with Gasteiger partial charge in [0, 0.05) is 10.7 Å². The van der Waals surface area contributed by atoms with Crippen LogP contribution in [0.5, 0.6) is 0 Å². The lowest BCUT2D eigenvalue weighted by Crippen LogP contribution is -2.26. The largest absolute Gasteiger partial charge is 0.443 e.